The number of nitrogens with one attached hydrogen (secondary N) is 1. The molecule has 0 saturated carbocycles. The first-order valence-electron chi connectivity index (χ1n) is 9.87. The Balaban J connectivity index is 1.73. The molecular formula is C24H34N2S. The Bertz CT molecular complexity index is 870. The van der Waals surface area contributed by atoms with Crippen molar-refractivity contribution < 1.29 is 0 Å². The second-order valence-corrected chi connectivity index (χ2v) is 11.3. The van der Waals surface area contributed by atoms with Crippen LogP contribution >= 0.6 is 11.3 Å². The van der Waals surface area contributed by atoms with Gasteiger partial charge in [-0.2, -0.15) is 0 Å². The number of rotatable bonds is 6. The van der Waals surface area contributed by atoms with Crippen LogP contribution in [0, 0.1) is 0 Å². The van der Waals surface area contributed by atoms with Gasteiger partial charge in [0.1, 0.15) is 0 Å². The Hall–Kier alpha value is -1.74. The van der Waals surface area contributed by atoms with Crippen LogP contribution in [0.3, 0.4) is 0 Å². The molecule has 0 bridgehead atoms. The molecule has 0 aliphatic heterocycles. The average Bonchev–Trinajstić information content (AvgIpc) is 3.27. The van der Waals surface area contributed by atoms with Gasteiger partial charge in [0.2, 0.25) is 0 Å². The van der Waals surface area contributed by atoms with Crippen molar-refractivity contribution in [2.45, 2.75) is 77.7 Å². The highest BCUT2D eigenvalue weighted by atomic mass is 32.1. The topological polar surface area (TPSA) is 20.7 Å². The quantitative estimate of drug-likeness (QED) is 0.491. The highest BCUT2D eigenvalue weighted by Gasteiger charge is 2.26. The van der Waals surface area contributed by atoms with E-state index in [0.29, 0.717) is 0 Å². The molecule has 3 aromatic heterocycles. The van der Waals surface area contributed by atoms with Crippen LogP contribution in [-0.4, -0.2) is 9.55 Å². The van der Waals surface area contributed by atoms with Gasteiger partial charge in [0.05, 0.1) is 0 Å². The maximum Gasteiger partial charge on any atom is 0.0431 e. The lowest BCUT2D eigenvalue weighted by Gasteiger charge is -2.27. The lowest BCUT2D eigenvalue weighted by Crippen LogP contribution is -2.27. The van der Waals surface area contributed by atoms with Crippen LogP contribution in [0.5, 0.6) is 0 Å². The Morgan fingerprint density at radius 2 is 1.67 bits per heavy atom. The van der Waals surface area contributed by atoms with Gasteiger partial charge in [-0.3, -0.25) is 0 Å². The number of nitrogens with zero attached hydrogens (tertiary/aromatic N) is 1. The van der Waals surface area contributed by atoms with E-state index in [9.17, 15) is 0 Å². The molecule has 1 N–H and O–H groups in total. The molecule has 3 rings (SSSR count). The minimum atomic E-state index is 0.0660. The minimum Gasteiger partial charge on any atom is -0.367 e. The molecule has 3 heteroatoms. The molecule has 0 radical (unpaired) electrons. The molecule has 27 heavy (non-hydrogen) atoms. The summed E-state index contributed by atoms with van der Waals surface area (Å²) in [6.45, 7) is 16.2. The van der Waals surface area contributed by atoms with E-state index in [1.165, 1.54) is 20.9 Å². The van der Waals surface area contributed by atoms with Crippen molar-refractivity contribution in [2.75, 3.05) is 0 Å². The van der Waals surface area contributed by atoms with E-state index in [1.54, 1.807) is 0 Å². The van der Waals surface area contributed by atoms with E-state index in [4.69, 9.17) is 0 Å². The van der Waals surface area contributed by atoms with Crippen molar-refractivity contribution in [3.63, 3.8) is 0 Å². The van der Waals surface area contributed by atoms with E-state index in [2.05, 4.69) is 101 Å². The van der Waals surface area contributed by atoms with Crippen molar-refractivity contribution in [1.29, 1.82) is 0 Å². The lowest BCUT2D eigenvalue weighted by molar-refractivity contribution is 0.355. The van der Waals surface area contributed by atoms with E-state index >= 15 is 0 Å². The SMILES string of the molecule is CC(C)(C)c1ccc(CC(C)(C)n2ccc(CC(C)(C)c3cc[nH]c3)c2)s1. The molecule has 146 valence electrons. The molecule has 0 aliphatic carbocycles. The fraction of sp³-hybridized carbons (Fsp3) is 0.500. The van der Waals surface area contributed by atoms with Crippen molar-refractivity contribution in [2.24, 2.45) is 0 Å². The second-order valence-electron chi connectivity index (χ2n) is 10.1. The van der Waals surface area contributed by atoms with Gasteiger partial charge in [-0.25, -0.2) is 0 Å². The van der Waals surface area contributed by atoms with Gasteiger partial charge in [-0.15, -0.1) is 11.3 Å². The summed E-state index contributed by atoms with van der Waals surface area (Å²) < 4.78 is 2.39. The maximum atomic E-state index is 3.19. The summed E-state index contributed by atoms with van der Waals surface area (Å²) in [5.41, 5.74) is 3.19. The van der Waals surface area contributed by atoms with Gasteiger partial charge < -0.3 is 9.55 Å². The van der Waals surface area contributed by atoms with E-state index in [1.807, 2.05) is 17.5 Å². The van der Waals surface area contributed by atoms with E-state index in [0.717, 1.165) is 12.8 Å². The molecule has 0 amide bonds. The van der Waals surface area contributed by atoms with Gasteiger partial charge in [-0.05, 0) is 66.5 Å². The monoisotopic (exact) mass is 382 g/mol. The standard InChI is InChI=1S/C24H34N2S/c1-22(2,3)21-9-8-20(27-21)15-24(6,7)26-13-11-18(17-26)14-23(4,5)19-10-12-25-16-19/h8-13,16-17,25H,14-15H2,1-7H3. The molecule has 2 nitrogen and oxygen atoms in total. The van der Waals surface area contributed by atoms with Crippen molar-refractivity contribution in [1.82, 2.24) is 9.55 Å². The number of hydrogen-bond acceptors (Lipinski definition) is 1. The van der Waals surface area contributed by atoms with Gasteiger partial charge in [-0.1, -0.05) is 34.6 Å². The van der Waals surface area contributed by atoms with Crippen LogP contribution in [0.1, 0.15) is 69.3 Å². The third kappa shape index (κ3) is 4.57. The maximum absolute atomic E-state index is 3.19. The number of aromatic amines is 1. The molecule has 0 aliphatic rings. The normalized spacial score (nSPS) is 13.3. The second kappa shape index (κ2) is 7.01. The first kappa shape index (κ1) is 20.0. The molecule has 0 atom stereocenters. The minimum absolute atomic E-state index is 0.0660. The largest absolute Gasteiger partial charge is 0.367 e. The van der Waals surface area contributed by atoms with Crippen LogP contribution in [0.4, 0.5) is 0 Å². The molecule has 0 fully saturated rings. The third-order valence-corrected chi connectivity index (χ3v) is 7.00. The summed E-state index contributed by atoms with van der Waals surface area (Å²) in [7, 11) is 0. The van der Waals surface area contributed by atoms with Crippen LogP contribution < -0.4 is 0 Å². The predicted octanol–water partition coefficient (Wildman–Crippen LogP) is 6.67. The Morgan fingerprint density at radius 3 is 2.26 bits per heavy atom. The van der Waals surface area contributed by atoms with Crippen molar-refractivity contribution >= 4 is 11.3 Å². The van der Waals surface area contributed by atoms with Crippen LogP contribution in [0.25, 0.3) is 0 Å². The highest BCUT2D eigenvalue weighted by molar-refractivity contribution is 7.12. The van der Waals surface area contributed by atoms with Crippen LogP contribution in [0.2, 0.25) is 0 Å². The zero-order valence-electron chi connectivity index (χ0n) is 17.9. The number of H-pyrrole nitrogens is 1. The van der Waals surface area contributed by atoms with Gasteiger partial charge in [0.25, 0.3) is 0 Å². The van der Waals surface area contributed by atoms with Crippen LogP contribution in [0.15, 0.2) is 49.1 Å². The summed E-state index contributed by atoms with van der Waals surface area (Å²) in [4.78, 5) is 6.12. The summed E-state index contributed by atoms with van der Waals surface area (Å²) in [6.07, 6.45) is 10.8. The smallest absolute Gasteiger partial charge is 0.0431 e. The fourth-order valence-electron chi connectivity index (χ4n) is 3.67. The fourth-order valence-corrected chi connectivity index (χ4v) is 4.96. The van der Waals surface area contributed by atoms with Crippen LogP contribution in [-0.2, 0) is 29.2 Å². The molecule has 3 aromatic rings. The van der Waals surface area contributed by atoms with Gasteiger partial charge in [0, 0.05) is 46.5 Å². The zero-order chi connectivity index (χ0) is 19.9. The summed E-state index contributed by atoms with van der Waals surface area (Å²) in [6, 6.07) is 9.08. The molecule has 0 spiro atoms. The Labute approximate surface area is 168 Å². The Kier molecular flexibility index (Phi) is 5.20. The highest BCUT2D eigenvalue weighted by Crippen LogP contribution is 2.33. The van der Waals surface area contributed by atoms with Gasteiger partial charge >= 0.3 is 0 Å². The third-order valence-electron chi connectivity index (χ3n) is 5.49. The molecular weight excluding hydrogens is 348 g/mol. The molecule has 0 saturated heterocycles. The van der Waals surface area contributed by atoms with Crippen molar-refractivity contribution in [3.8, 4) is 0 Å². The molecule has 0 aromatic carbocycles. The zero-order valence-corrected chi connectivity index (χ0v) is 18.7. The number of aromatic nitrogens is 2. The van der Waals surface area contributed by atoms with Gasteiger partial charge in [0.15, 0.2) is 0 Å². The summed E-state index contributed by atoms with van der Waals surface area (Å²) >= 11 is 1.96. The summed E-state index contributed by atoms with van der Waals surface area (Å²) in [5, 5.41) is 0. The first-order valence-corrected chi connectivity index (χ1v) is 10.7. The Morgan fingerprint density at radius 1 is 0.926 bits per heavy atom. The van der Waals surface area contributed by atoms with E-state index in [-0.39, 0.29) is 16.4 Å². The van der Waals surface area contributed by atoms with E-state index < -0.39 is 0 Å². The average molecular weight is 383 g/mol. The first-order chi connectivity index (χ1) is 12.5. The lowest BCUT2D eigenvalue weighted by atomic mass is 9.81. The predicted molar refractivity (Wildman–Crippen MR) is 118 cm³/mol. The summed E-state index contributed by atoms with van der Waals surface area (Å²) in [5.74, 6) is 0. The number of thiophene rings is 1. The molecule has 0 unspecified atom stereocenters. The van der Waals surface area contributed by atoms with Crippen molar-refractivity contribution in [3.05, 3.63) is 69.9 Å². The number of hydrogen-bond donors (Lipinski definition) is 1. The molecule has 3 heterocycles.